The molecule has 1 saturated carbocycles. The van der Waals surface area contributed by atoms with Crippen LogP contribution in [-0.4, -0.2) is 23.5 Å². The number of ether oxygens (including phenoxy) is 1. The molecule has 1 aromatic heterocycles. The van der Waals surface area contributed by atoms with E-state index in [1.54, 1.807) is 13.1 Å². The van der Waals surface area contributed by atoms with Crippen LogP contribution >= 0.6 is 0 Å². The maximum Gasteiger partial charge on any atom is 0.339 e. The van der Waals surface area contributed by atoms with Crippen LogP contribution in [0, 0.1) is 5.92 Å². The Morgan fingerprint density at radius 2 is 1.88 bits per heavy atom. The number of aromatic nitrogens is 1. The minimum Gasteiger partial charge on any atom is -0.462 e. The van der Waals surface area contributed by atoms with Crippen LogP contribution in [-0.2, 0) is 10.2 Å². The van der Waals surface area contributed by atoms with Crippen molar-refractivity contribution in [2.75, 3.05) is 6.61 Å². The number of esters is 1. The summed E-state index contributed by atoms with van der Waals surface area (Å²) in [5.74, 6) is 0.443. The van der Waals surface area contributed by atoms with Crippen LogP contribution in [0.4, 0.5) is 0 Å². The highest BCUT2D eigenvalue weighted by molar-refractivity contribution is 5.93. The lowest BCUT2D eigenvalue weighted by atomic mass is 9.64. The van der Waals surface area contributed by atoms with Gasteiger partial charge < -0.3 is 10.5 Å². The van der Waals surface area contributed by atoms with Gasteiger partial charge in [0.15, 0.2) is 0 Å². The summed E-state index contributed by atoms with van der Waals surface area (Å²) >= 11 is 0. The van der Waals surface area contributed by atoms with Crippen molar-refractivity contribution in [3.8, 4) is 0 Å². The third kappa shape index (κ3) is 5.20. The Bertz CT molecular complexity index is 981. The quantitative estimate of drug-likeness (QED) is 0.562. The average Bonchev–Trinajstić information content (AvgIpc) is 2.79. The molecule has 1 heterocycles. The summed E-state index contributed by atoms with van der Waals surface area (Å²) < 4.78 is 5.16. The molecule has 0 spiro atoms. The summed E-state index contributed by atoms with van der Waals surface area (Å²) in [6.07, 6.45) is 7.83. The van der Waals surface area contributed by atoms with Gasteiger partial charge >= 0.3 is 5.97 Å². The Morgan fingerprint density at radius 1 is 1.12 bits per heavy atom. The fourth-order valence-corrected chi connectivity index (χ4v) is 4.89. The van der Waals surface area contributed by atoms with E-state index in [9.17, 15) is 9.59 Å². The molecule has 172 valence electrons. The maximum atomic E-state index is 12.2. The Kier molecular flexibility index (Phi) is 7.37. The molecule has 2 aromatic rings. The smallest absolute Gasteiger partial charge is 0.339 e. The standard InChI is InChI=1S/C27H36N2O3/c1-6-32-26(31)22-14-24(16-29-15-22)27(4,5)23-9-7-8-18(13-23)20-10-19(17(2)3)11-21(12-20)25(28)30/h10-12,14-18,23H,6-9,13H2,1-5H3,(H2,28,30). The monoisotopic (exact) mass is 436 g/mol. The maximum absolute atomic E-state index is 12.2. The number of carbonyl (C=O) groups excluding carboxylic acids is 2. The van der Waals surface area contributed by atoms with Crippen molar-refractivity contribution in [2.24, 2.45) is 11.7 Å². The molecule has 1 aliphatic rings. The van der Waals surface area contributed by atoms with Crippen molar-refractivity contribution in [2.45, 2.75) is 77.6 Å². The minimum atomic E-state index is -0.372. The van der Waals surface area contributed by atoms with Crippen molar-refractivity contribution in [1.29, 1.82) is 0 Å². The van der Waals surface area contributed by atoms with E-state index in [-0.39, 0.29) is 17.3 Å². The Morgan fingerprint density at radius 3 is 2.53 bits per heavy atom. The number of rotatable bonds is 7. The molecule has 5 nitrogen and oxygen atoms in total. The summed E-state index contributed by atoms with van der Waals surface area (Å²) in [6.45, 7) is 10.9. The number of amides is 1. The predicted octanol–water partition coefficient (Wildman–Crippen LogP) is 5.73. The second kappa shape index (κ2) is 9.85. The molecule has 1 fully saturated rings. The number of benzene rings is 1. The first kappa shape index (κ1) is 24.0. The number of pyridine rings is 1. The summed E-state index contributed by atoms with van der Waals surface area (Å²) in [4.78, 5) is 28.5. The Hall–Kier alpha value is -2.69. The van der Waals surface area contributed by atoms with Gasteiger partial charge in [-0.05, 0) is 84.2 Å². The first-order valence-corrected chi connectivity index (χ1v) is 11.7. The van der Waals surface area contributed by atoms with Crippen molar-refractivity contribution in [3.63, 3.8) is 0 Å². The van der Waals surface area contributed by atoms with Crippen molar-refractivity contribution >= 4 is 11.9 Å². The zero-order valence-electron chi connectivity index (χ0n) is 20.0. The topological polar surface area (TPSA) is 82.3 Å². The second-order valence-electron chi connectivity index (χ2n) is 9.87. The van der Waals surface area contributed by atoms with Gasteiger partial charge in [0, 0.05) is 18.0 Å². The first-order valence-electron chi connectivity index (χ1n) is 11.7. The van der Waals surface area contributed by atoms with E-state index in [0.29, 0.717) is 35.5 Å². The molecular formula is C27H36N2O3. The summed E-state index contributed by atoms with van der Waals surface area (Å²) in [5, 5.41) is 0. The molecule has 1 aliphatic carbocycles. The molecule has 0 radical (unpaired) electrons. The van der Waals surface area contributed by atoms with E-state index in [1.165, 1.54) is 5.56 Å². The fraction of sp³-hybridized carbons (Fsp3) is 0.519. The Balaban J connectivity index is 1.88. The van der Waals surface area contributed by atoms with Gasteiger partial charge in [0.05, 0.1) is 12.2 Å². The predicted molar refractivity (Wildman–Crippen MR) is 127 cm³/mol. The molecule has 5 heteroatoms. The van der Waals surface area contributed by atoms with Crippen LogP contribution in [0.15, 0.2) is 36.7 Å². The molecule has 3 rings (SSSR count). The number of carbonyl (C=O) groups is 2. The third-order valence-corrected chi connectivity index (χ3v) is 7.09. The number of primary amides is 1. The van der Waals surface area contributed by atoms with Gasteiger partial charge in [-0.3, -0.25) is 9.78 Å². The Labute approximate surface area is 191 Å². The lowest BCUT2D eigenvalue weighted by Crippen LogP contribution is -2.33. The van der Waals surface area contributed by atoms with E-state index < -0.39 is 0 Å². The van der Waals surface area contributed by atoms with Crippen LogP contribution in [0.5, 0.6) is 0 Å². The highest BCUT2D eigenvalue weighted by atomic mass is 16.5. The van der Waals surface area contributed by atoms with Crippen LogP contribution in [0.3, 0.4) is 0 Å². The van der Waals surface area contributed by atoms with Crippen molar-refractivity contribution in [1.82, 2.24) is 4.98 Å². The normalized spacial score (nSPS) is 19.1. The van der Waals surface area contributed by atoms with Gasteiger partial charge in [-0.2, -0.15) is 0 Å². The first-order chi connectivity index (χ1) is 15.1. The molecule has 1 aromatic carbocycles. The van der Waals surface area contributed by atoms with Crippen LogP contribution in [0.1, 0.15) is 110 Å². The van der Waals surface area contributed by atoms with E-state index in [4.69, 9.17) is 10.5 Å². The number of hydrogen-bond acceptors (Lipinski definition) is 4. The molecule has 32 heavy (non-hydrogen) atoms. The molecule has 2 N–H and O–H groups in total. The third-order valence-electron chi connectivity index (χ3n) is 7.09. The van der Waals surface area contributed by atoms with E-state index in [2.05, 4.69) is 38.7 Å². The van der Waals surface area contributed by atoms with Gasteiger partial charge in [-0.15, -0.1) is 0 Å². The molecular weight excluding hydrogens is 400 g/mol. The van der Waals surface area contributed by atoms with Crippen LogP contribution in [0.25, 0.3) is 0 Å². The molecule has 0 saturated heterocycles. The van der Waals surface area contributed by atoms with Crippen LogP contribution < -0.4 is 5.73 Å². The number of hydrogen-bond donors (Lipinski definition) is 1. The highest BCUT2D eigenvalue weighted by Crippen LogP contribution is 2.46. The van der Waals surface area contributed by atoms with Gasteiger partial charge in [0.2, 0.25) is 5.91 Å². The molecule has 1 amide bonds. The molecule has 2 unspecified atom stereocenters. The van der Waals surface area contributed by atoms with Gasteiger partial charge in [-0.1, -0.05) is 40.2 Å². The summed E-state index contributed by atoms with van der Waals surface area (Å²) in [5.41, 5.74) is 10.0. The lowest BCUT2D eigenvalue weighted by Gasteiger charge is -2.40. The second-order valence-corrected chi connectivity index (χ2v) is 9.87. The zero-order valence-corrected chi connectivity index (χ0v) is 20.0. The van der Waals surface area contributed by atoms with Crippen molar-refractivity contribution in [3.05, 3.63) is 64.5 Å². The van der Waals surface area contributed by atoms with Gasteiger partial charge in [0.25, 0.3) is 0 Å². The molecule has 2 atom stereocenters. The van der Waals surface area contributed by atoms with Gasteiger partial charge in [0.1, 0.15) is 0 Å². The van der Waals surface area contributed by atoms with Gasteiger partial charge in [-0.25, -0.2) is 4.79 Å². The van der Waals surface area contributed by atoms with E-state index >= 15 is 0 Å². The molecule has 0 bridgehead atoms. The average molecular weight is 437 g/mol. The minimum absolute atomic E-state index is 0.143. The highest BCUT2D eigenvalue weighted by Gasteiger charge is 2.36. The fourth-order valence-electron chi connectivity index (χ4n) is 4.89. The SMILES string of the molecule is CCOC(=O)c1cncc(C(C)(C)C2CCCC(c3cc(C(N)=O)cc(C(C)C)c3)C2)c1. The number of nitrogens with two attached hydrogens (primary N) is 1. The van der Waals surface area contributed by atoms with Crippen molar-refractivity contribution < 1.29 is 14.3 Å². The summed E-state index contributed by atoms with van der Waals surface area (Å²) in [7, 11) is 0. The van der Waals surface area contributed by atoms with E-state index in [1.807, 2.05) is 24.4 Å². The largest absolute Gasteiger partial charge is 0.462 e. The van der Waals surface area contributed by atoms with Crippen LogP contribution in [0.2, 0.25) is 0 Å². The summed E-state index contributed by atoms with van der Waals surface area (Å²) in [6, 6.07) is 8.09. The zero-order chi connectivity index (χ0) is 23.5. The van der Waals surface area contributed by atoms with E-state index in [0.717, 1.165) is 36.8 Å². The lowest BCUT2D eigenvalue weighted by molar-refractivity contribution is 0.0525. The molecule has 0 aliphatic heterocycles. The number of nitrogens with zero attached hydrogens (tertiary/aromatic N) is 1.